The van der Waals surface area contributed by atoms with Crippen molar-refractivity contribution < 1.29 is 4.39 Å². The SMILES string of the molecule is CCN(CCNc1cccc(F)c1)CC1CC1. The first-order valence-corrected chi connectivity index (χ1v) is 6.49. The lowest BCUT2D eigenvalue weighted by atomic mass is 10.3. The highest BCUT2D eigenvalue weighted by atomic mass is 19.1. The minimum absolute atomic E-state index is 0.180. The predicted molar refractivity (Wildman–Crippen MR) is 69.7 cm³/mol. The Morgan fingerprint density at radius 1 is 1.41 bits per heavy atom. The summed E-state index contributed by atoms with van der Waals surface area (Å²) in [4.78, 5) is 2.46. The van der Waals surface area contributed by atoms with E-state index in [1.54, 1.807) is 6.07 Å². The molecule has 0 unspecified atom stereocenters. The molecule has 0 saturated heterocycles. The van der Waals surface area contributed by atoms with Crippen molar-refractivity contribution >= 4 is 5.69 Å². The summed E-state index contributed by atoms with van der Waals surface area (Å²) in [6, 6.07) is 6.65. The van der Waals surface area contributed by atoms with Gasteiger partial charge in [-0.3, -0.25) is 0 Å². The second-order valence-electron chi connectivity index (χ2n) is 4.77. The van der Waals surface area contributed by atoms with Crippen molar-refractivity contribution in [3.63, 3.8) is 0 Å². The fourth-order valence-electron chi connectivity index (χ4n) is 2.00. The summed E-state index contributed by atoms with van der Waals surface area (Å²) in [6.07, 6.45) is 2.79. The first kappa shape index (κ1) is 12.4. The summed E-state index contributed by atoms with van der Waals surface area (Å²) >= 11 is 0. The Morgan fingerprint density at radius 3 is 2.88 bits per heavy atom. The average molecular weight is 236 g/mol. The molecule has 17 heavy (non-hydrogen) atoms. The Morgan fingerprint density at radius 2 is 2.24 bits per heavy atom. The number of benzene rings is 1. The first-order valence-electron chi connectivity index (χ1n) is 6.49. The van der Waals surface area contributed by atoms with Gasteiger partial charge in [0.2, 0.25) is 0 Å². The summed E-state index contributed by atoms with van der Waals surface area (Å²) < 4.78 is 12.9. The number of hydrogen-bond acceptors (Lipinski definition) is 2. The Hall–Kier alpha value is -1.09. The van der Waals surface area contributed by atoms with Crippen LogP contribution in [-0.4, -0.2) is 31.1 Å². The molecule has 0 heterocycles. The molecule has 1 aromatic rings. The highest BCUT2D eigenvalue weighted by Gasteiger charge is 2.23. The predicted octanol–water partition coefficient (Wildman–Crippen LogP) is 2.97. The number of halogens is 1. The van der Waals surface area contributed by atoms with Gasteiger partial charge in [-0.25, -0.2) is 4.39 Å². The molecule has 1 N–H and O–H groups in total. The van der Waals surface area contributed by atoms with Crippen molar-refractivity contribution in [3.8, 4) is 0 Å². The maximum Gasteiger partial charge on any atom is 0.125 e. The van der Waals surface area contributed by atoms with Crippen molar-refractivity contribution in [2.24, 2.45) is 5.92 Å². The van der Waals surface area contributed by atoms with E-state index in [1.807, 2.05) is 6.07 Å². The van der Waals surface area contributed by atoms with Crippen molar-refractivity contribution in [3.05, 3.63) is 30.1 Å². The summed E-state index contributed by atoms with van der Waals surface area (Å²) in [5.74, 6) is 0.754. The molecule has 0 aromatic heterocycles. The number of likely N-dealkylation sites (N-methyl/N-ethyl adjacent to an activating group) is 1. The van der Waals surface area contributed by atoms with E-state index in [-0.39, 0.29) is 5.82 Å². The van der Waals surface area contributed by atoms with E-state index in [4.69, 9.17) is 0 Å². The van der Waals surface area contributed by atoms with E-state index >= 15 is 0 Å². The quantitative estimate of drug-likeness (QED) is 0.783. The van der Waals surface area contributed by atoms with Gasteiger partial charge in [0.05, 0.1) is 0 Å². The van der Waals surface area contributed by atoms with Crippen LogP contribution in [0, 0.1) is 11.7 Å². The molecular formula is C14H21FN2. The van der Waals surface area contributed by atoms with Gasteiger partial charge in [-0.15, -0.1) is 0 Å². The number of anilines is 1. The van der Waals surface area contributed by atoms with E-state index in [0.717, 1.165) is 31.2 Å². The van der Waals surface area contributed by atoms with Gasteiger partial charge >= 0.3 is 0 Å². The molecule has 0 bridgehead atoms. The van der Waals surface area contributed by atoms with Gasteiger partial charge in [0, 0.05) is 25.3 Å². The van der Waals surface area contributed by atoms with Gasteiger partial charge < -0.3 is 10.2 Å². The van der Waals surface area contributed by atoms with Crippen molar-refractivity contribution in [2.75, 3.05) is 31.5 Å². The third kappa shape index (κ3) is 4.35. The minimum atomic E-state index is -0.180. The summed E-state index contributed by atoms with van der Waals surface area (Å²) in [5, 5.41) is 3.26. The Bertz CT molecular complexity index is 350. The largest absolute Gasteiger partial charge is 0.384 e. The van der Waals surface area contributed by atoms with Gasteiger partial charge in [0.15, 0.2) is 0 Å². The number of nitrogens with zero attached hydrogens (tertiary/aromatic N) is 1. The molecule has 0 amide bonds. The smallest absolute Gasteiger partial charge is 0.125 e. The Balaban J connectivity index is 1.70. The molecule has 3 heteroatoms. The molecule has 1 aromatic carbocycles. The third-order valence-corrected chi connectivity index (χ3v) is 3.24. The van der Waals surface area contributed by atoms with Crippen molar-refractivity contribution in [1.29, 1.82) is 0 Å². The summed E-state index contributed by atoms with van der Waals surface area (Å²) in [6.45, 7) is 6.43. The van der Waals surface area contributed by atoms with Crippen LogP contribution in [0.3, 0.4) is 0 Å². The second-order valence-corrected chi connectivity index (χ2v) is 4.77. The van der Waals surface area contributed by atoms with Crippen LogP contribution in [0.4, 0.5) is 10.1 Å². The molecule has 1 saturated carbocycles. The van der Waals surface area contributed by atoms with Crippen LogP contribution < -0.4 is 5.32 Å². The fraction of sp³-hybridized carbons (Fsp3) is 0.571. The molecule has 1 aliphatic rings. The third-order valence-electron chi connectivity index (χ3n) is 3.24. The van der Waals surface area contributed by atoms with Gasteiger partial charge in [-0.1, -0.05) is 13.0 Å². The molecule has 0 atom stereocenters. The average Bonchev–Trinajstić information content (AvgIpc) is 3.12. The topological polar surface area (TPSA) is 15.3 Å². The second kappa shape index (κ2) is 6.01. The minimum Gasteiger partial charge on any atom is -0.384 e. The number of rotatable bonds is 7. The van der Waals surface area contributed by atoms with Gasteiger partial charge in [-0.2, -0.15) is 0 Å². The van der Waals surface area contributed by atoms with Crippen LogP contribution in [-0.2, 0) is 0 Å². The molecule has 2 rings (SSSR count). The number of hydrogen-bond donors (Lipinski definition) is 1. The molecule has 1 fully saturated rings. The van der Waals surface area contributed by atoms with Crippen LogP contribution in [0.2, 0.25) is 0 Å². The van der Waals surface area contributed by atoms with Crippen LogP contribution in [0.15, 0.2) is 24.3 Å². The molecule has 0 aliphatic heterocycles. The molecule has 0 radical (unpaired) electrons. The van der Waals surface area contributed by atoms with Crippen molar-refractivity contribution in [1.82, 2.24) is 4.90 Å². The highest BCUT2D eigenvalue weighted by Crippen LogP contribution is 2.29. The Kier molecular flexibility index (Phi) is 4.37. The number of nitrogens with one attached hydrogen (secondary N) is 1. The van der Waals surface area contributed by atoms with E-state index in [2.05, 4.69) is 17.1 Å². The first-order chi connectivity index (χ1) is 8.28. The lowest BCUT2D eigenvalue weighted by Gasteiger charge is -2.20. The van der Waals surface area contributed by atoms with Crippen LogP contribution in [0.1, 0.15) is 19.8 Å². The lowest BCUT2D eigenvalue weighted by Crippen LogP contribution is -2.30. The standard InChI is InChI=1S/C14H21FN2/c1-2-17(11-12-6-7-12)9-8-16-14-5-3-4-13(15)10-14/h3-5,10,12,16H,2,6-9,11H2,1H3. The Labute approximate surface area is 103 Å². The zero-order chi connectivity index (χ0) is 12.1. The van der Waals surface area contributed by atoms with Crippen LogP contribution >= 0.6 is 0 Å². The normalized spacial score (nSPS) is 15.2. The van der Waals surface area contributed by atoms with E-state index in [0.29, 0.717) is 0 Å². The monoisotopic (exact) mass is 236 g/mol. The molecular weight excluding hydrogens is 215 g/mol. The van der Waals surface area contributed by atoms with E-state index in [1.165, 1.54) is 31.5 Å². The zero-order valence-corrected chi connectivity index (χ0v) is 10.5. The van der Waals surface area contributed by atoms with E-state index < -0.39 is 0 Å². The zero-order valence-electron chi connectivity index (χ0n) is 10.5. The lowest BCUT2D eigenvalue weighted by molar-refractivity contribution is 0.287. The molecule has 94 valence electrons. The van der Waals surface area contributed by atoms with Gasteiger partial charge in [-0.05, 0) is 43.5 Å². The van der Waals surface area contributed by atoms with Gasteiger partial charge in [0.1, 0.15) is 5.82 Å². The molecule has 2 nitrogen and oxygen atoms in total. The molecule has 0 spiro atoms. The fourth-order valence-corrected chi connectivity index (χ4v) is 2.00. The molecule has 1 aliphatic carbocycles. The van der Waals surface area contributed by atoms with Gasteiger partial charge in [0.25, 0.3) is 0 Å². The maximum atomic E-state index is 12.9. The maximum absolute atomic E-state index is 12.9. The summed E-state index contributed by atoms with van der Waals surface area (Å²) in [5.41, 5.74) is 0.868. The van der Waals surface area contributed by atoms with Crippen LogP contribution in [0.25, 0.3) is 0 Å². The van der Waals surface area contributed by atoms with Crippen LogP contribution in [0.5, 0.6) is 0 Å². The van der Waals surface area contributed by atoms with Crippen molar-refractivity contribution in [2.45, 2.75) is 19.8 Å². The summed E-state index contributed by atoms with van der Waals surface area (Å²) in [7, 11) is 0. The van der Waals surface area contributed by atoms with E-state index in [9.17, 15) is 4.39 Å². The highest BCUT2D eigenvalue weighted by molar-refractivity contribution is 5.42.